The van der Waals surface area contributed by atoms with Crippen LogP contribution in [0.1, 0.15) is 30.5 Å². The Hall–Kier alpha value is -2.48. The Balaban J connectivity index is 2.04. The van der Waals surface area contributed by atoms with Crippen LogP contribution in [0.2, 0.25) is 5.02 Å². The van der Waals surface area contributed by atoms with Crippen molar-refractivity contribution >= 4 is 28.9 Å². The van der Waals surface area contributed by atoms with Crippen LogP contribution in [-0.2, 0) is 9.63 Å². The number of Topliss-reactive ketones (excluding diaryl/α,β-unsaturated/α-hetero) is 1. The molecule has 0 radical (unpaired) electrons. The molecule has 7 nitrogen and oxygen atoms in total. The highest BCUT2D eigenvalue weighted by molar-refractivity contribution is 6.30. The van der Waals surface area contributed by atoms with Gasteiger partial charge in [0.05, 0.1) is 5.02 Å². The molecule has 24 heavy (non-hydrogen) atoms. The Morgan fingerprint density at radius 3 is 2.83 bits per heavy atom. The number of hydrogen-bond donors (Lipinski definition) is 1. The molecule has 1 aliphatic heterocycles. The van der Waals surface area contributed by atoms with Crippen LogP contribution in [0, 0.1) is 11.7 Å². The molecule has 2 aromatic rings. The van der Waals surface area contributed by atoms with Gasteiger partial charge in [-0.3, -0.25) is 4.79 Å². The summed E-state index contributed by atoms with van der Waals surface area (Å²) in [6, 6.07) is 4.38. The Kier molecular flexibility index (Phi) is 4.48. The standard InChI is InChI=1S/C15H14ClFN4O3/c1-7-10(8-2-3-12(17)11(16)4-8)5-9(22)6-23-19-13(7)14-15(18)21-24-20-14/h2-4,7,10H,5-6H2,1H3,(H2,18,21). The molecular formula is C15H14ClFN4O3. The van der Waals surface area contributed by atoms with Gasteiger partial charge in [0.25, 0.3) is 0 Å². The molecule has 2 N–H and O–H groups in total. The van der Waals surface area contributed by atoms with Gasteiger partial charge in [-0.1, -0.05) is 29.7 Å². The summed E-state index contributed by atoms with van der Waals surface area (Å²) in [5, 5.41) is 11.3. The number of hydrogen-bond acceptors (Lipinski definition) is 7. The molecule has 1 aromatic carbocycles. The predicted molar refractivity (Wildman–Crippen MR) is 84.1 cm³/mol. The minimum atomic E-state index is -0.521. The number of halogens is 2. The fourth-order valence-electron chi connectivity index (χ4n) is 2.71. The summed E-state index contributed by atoms with van der Waals surface area (Å²) >= 11 is 5.88. The minimum Gasteiger partial charge on any atom is -0.387 e. The lowest BCUT2D eigenvalue weighted by Crippen LogP contribution is -2.28. The number of carbonyl (C=O) groups is 1. The van der Waals surface area contributed by atoms with Crippen LogP contribution in [0.4, 0.5) is 10.2 Å². The van der Waals surface area contributed by atoms with E-state index in [9.17, 15) is 9.18 Å². The molecule has 126 valence electrons. The first-order valence-corrected chi connectivity index (χ1v) is 7.60. The molecule has 2 atom stereocenters. The van der Waals surface area contributed by atoms with Crippen LogP contribution >= 0.6 is 11.6 Å². The van der Waals surface area contributed by atoms with E-state index >= 15 is 0 Å². The van der Waals surface area contributed by atoms with Gasteiger partial charge >= 0.3 is 0 Å². The van der Waals surface area contributed by atoms with Crippen molar-refractivity contribution < 1.29 is 18.7 Å². The molecule has 9 heteroatoms. The van der Waals surface area contributed by atoms with E-state index in [-0.39, 0.29) is 47.2 Å². The average molecular weight is 353 g/mol. The lowest BCUT2D eigenvalue weighted by Gasteiger charge is -2.26. The van der Waals surface area contributed by atoms with Crippen LogP contribution in [0.3, 0.4) is 0 Å². The quantitative estimate of drug-likeness (QED) is 0.890. The molecule has 0 spiro atoms. The van der Waals surface area contributed by atoms with Gasteiger partial charge in [0, 0.05) is 12.3 Å². The van der Waals surface area contributed by atoms with E-state index in [0.717, 1.165) is 0 Å². The number of aromatic nitrogens is 2. The molecule has 1 aromatic heterocycles. The Morgan fingerprint density at radius 2 is 2.17 bits per heavy atom. The number of carbonyl (C=O) groups excluding carboxylic acids is 1. The van der Waals surface area contributed by atoms with Crippen molar-refractivity contribution in [2.24, 2.45) is 11.1 Å². The fraction of sp³-hybridized carbons (Fsp3) is 0.333. The van der Waals surface area contributed by atoms with Gasteiger partial charge in [-0.05, 0) is 33.9 Å². The van der Waals surface area contributed by atoms with Crippen molar-refractivity contribution in [3.63, 3.8) is 0 Å². The summed E-state index contributed by atoms with van der Waals surface area (Å²) < 4.78 is 18.1. The zero-order chi connectivity index (χ0) is 17.3. The van der Waals surface area contributed by atoms with E-state index in [4.69, 9.17) is 22.2 Å². The summed E-state index contributed by atoms with van der Waals surface area (Å²) in [5.41, 5.74) is 7.12. The maximum atomic E-state index is 13.4. The van der Waals surface area contributed by atoms with E-state index < -0.39 is 5.82 Å². The number of oxime groups is 1. The first-order valence-electron chi connectivity index (χ1n) is 7.22. The van der Waals surface area contributed by atoms with E-state index in [1.807, 2.05) is 6.92 Å². The third-order valence-electron chi connectivity index (χ3n) is 4.00. The second-order valence-electron chi connectivity index (χ2n) is 5.56. The van der Waals surface area contributed by atoms with Gasteiger partial charge in [0.2, 0.25) is 0 Å². The number of ketones is 1. The van der Waals surface area contributed by atoms with Crippen LogP contribution in [-0.4, -0.2) is 28.4 Å². The van der Waals surface area contributed by atoms with Crippen molar-refractivity contribution in [3.05, 3.63) is 40.3 Å². The van der Waals surface area contributed by atoms with Gasteiger partial charge in [0.15, 0.2) is 23.9 Å². The van der Waals surface area contributed by atoms with Crippen molar-refractivity contribution in [3.8, 4) is 0 Å². The van der Waals surface area contributed by atoms with E-state index in [2.05, 4.69) is 20.1 Å². The fourth-order valence-corrected chi connectivity index (χ4v) is 2.90. The number of nitrogens with zero attached hydrogens (tertiary/aromatic N) is 3. The van der Waals surface area contributed by atoms with Crippen molar-refractivity contribution in [2.45, 2.75) is 19.3 Å². The second-order valence-corrected chi connectivity index (χ2v) is 5.97. The van der Waals surface area contributed by atoms with E-state index in [1.165, 1.54) is 12.1 Å². The molecule has 1 aliphatic rings. The number of nitrogen functional groups attached to an aromatic ring is 1. The van der Waals surface area contributed by atoms with Gasteiger partial charge in [-0.15, -0.1) is 0 Å². The number of anilines is 1. The molecule has 0 bridgehead atoms. The Morgan fingerprint density at radius 1 is 1.38 bits per heavy atom. The molecule has 0 saturated carbocycles. The predicted octanol–water partition coefficient (Wildman–Crippen LogP) is 2.56. The molecule has 2 heterocycles. The molecule has 0 amide bonds. The average Bonchev–Trinajstić information content (AvgIpc) is 2.96. The number of nitrogens with two attached hydrogens (primary N) is 1. The highest BCUT2D eigenvalue weighted by Gasteiger charge is 2.32. The van der Waals surface area contributed by atoms with Gasteiger partial charge in [0.1, 0.15) is 11.5 Å². The van der Waals surface area contributed by atoms with Crippen LogP contribution in [0.15, 0.2) is 28.0 Å². The smallest absolute Gasteiger partial charge is 0.197 e. The maximum Gasteiger partial charge on any atom is 0.197 e. The first kappa shape index (κ1) is 16.4. The highest BCUT2D eigenvalue weighted by atomic mass is 35.5. The van der Waals surface area contributed by atoms with Crippen LogP contribution in [0.5, 0.6) is 0 Å². The molecule has 0 aliphatic carbocycles. The summed E-state index contributed by atoms with van der Waals surface area (Å²) in [7, 11) is 0. The monoisotopic (exact) mass is 352 g/mol. The molecular weight excluding hydrogens is 339 g/mol. The SMILES string of the molecule is CC1C(c2nonc2N)=NOCC(=O)CC1c1ccc(F)c(Cl)c1. The van der Waals surface area contributed by atoms with Crippen molar-refractivity contribution in [1.82, 2.24) is 10.3 Å². The lowest BCUT2D eigenvalue weighted by atomic mass is 9.80. The maximum absolute atomic E-state index is 13.4. The molecule has 2 unspecified atom stereocenters. The van der Waals surface area contributed by atoms with Crippen molar-refractivity contribution in [2.75, 3.05) is 12.3 Å². The normalized spacial score (nSPS) is 21.6. The van der Waals surface area contributed by atoms with Crippen molar-refractivity contribution in [1.29, 1.82) is 0 Å². The lowest BCUT2D eigenvalue weighted by molar-refractivity contribution is -0.124. The van der Waals surface area contributed by atoms with Gasteiger partial charge in [-0.25, -0.2) is 9.02 Å². The van der Waals surface area contributed by atoms with Gasteiger partial charge < -0.3 is 10.6 Å². The second kappa shape index (κ2) is 6.56. The zero-order valence-electron chi connectivity index (χ0n) is 12.7. The van der Waals surface area contributed by atoms with E-state index in [0.29, 0.717) is 11.3 Å². The first-order chi connectivity index (χ1) is 11.5. The summed E-state index contributed by atoms with van der Waals surface area (Å²) in [5.74, 6) is -1.18. The molecule has 3 rings (SSSR count). The third-order valence-corrected chi connectivity index (χ3v) is 4.29. The summed E-state index contributed by atoms with van der Waals surface area (Å²) in [6.07, 6.45) is 0.188. The highest BCUT2D eigenvalue weighted by Crippen LogP contribution is 2.34. The van der Waals surface area contributed by atoms with E-state index in [1.54, 1.807) is 6.07 Å². The summed E-state index contributed by atoms with van der Waals surface area (Å²) in [4.78, 5) is 17.1. The largest absolute Gasteiger partial charge is 0.387 e. The minimum absolute atomic E-state index is 0.00781. The van der Waals surface area contributed by atoms with Crippen LogP contribution in [0.25, 0.3) is 0 Å². The Bertz CT molecular complexity index is 808. The third kappa shape index (κ3) is 3.09. The Labute approximate surface area is 141 Å². The number of rotatable bonds is 2. The zero-order valence-corrected chi connectivity index (χ0v) is 13.5. The molecule has 0 saturated heterocycles. The number of benzene rings is 1. The van der Waals surface area contributed by atoms with Gasteiger partial charge in [-0.2, -0.15) is 0 Å². The molecule has 0 fully saturated rings. The topological polar surface area (TPSA) is 104 Å². The van der Waals surface area contributed by atoms with Crippen LogP contribution < -0.4 is 5.73 Å². The summed E-state index contributed by atoms with van der Waals surface area (Å²) in [6.45, 7) is 1.67.